The minimum absolute atomic E-state index is 0.197. The molecule has 0 saturated carbocycles. The van der Waals surface area contributed by atoms with Gasteiger partial charge in [-0.2, -0.15) is 0 Å². The number of carbonyl (C=O) groups excluding carboxylic acids is 1. The smallest absolute Gasteiger partial charge is 0.273 e. The highest BCUT2D eigenvalue weighted by Crippen LogP contribution is 2.28. The number of amides is 1. The van der Waals surface area contributed by atoms with Crippen LogP contribution >= 0.6 is 12.2 Å². The molecule has 0 bridgehead atoms. The lowest BCUT2D eigenvalue weighted by Gasteiger charge is -2.29. The zero-order chi connectivity index (χ0) is 16.5. The molecule has 2 aliphatic heterocycles. The quantitative estimate of drug-likeness (QED) is 0.651. The molecule has 24 heavy (non-hydrogen) atoms. The van der Waals surface area contributed by atoms with Gasteiger partial charge in [-0.05, 0) is 49.7 Å². The Morgan fingerprint density at radius 2 is 1.92 bits per heavy atom. The SMILES string of the molecule is O=C1NC(=S)N/C1=C\c1cc2ccccc2nc1N1CCCCC1. The third kappa shape index (κ3) is 2.85. The number of anilines is 1. The standard InChI is InChI=1S/C18H18N4OS/c23-17-15(20-18(24)21-17)11-13-10-12-6-2-3-7-14(12)19-16(13)22-8-4-1-5-9-22/h2-3,6-7,10-11H,1,4-5,8-9H2,(H2,20,21,23,24)/b15-11-. The molecule has 0 unspecified atom stereocenters. The summed E-state index contributed by atoms with van der Waals surface area (Å²) in [5, 5.41) is 6.93. The summed E-state index contributed by atoms with van der Waals surface area (Å²) in [6, 6.07) is 10.1. The molecular formula is C18H18N4OS. The van der Waals surface area contributed by atoms with E-state index in [9.17, 15) is 4.79 Å². The predicted octanol–water partition coefficient (Wildman–Crippen LogP) is 2.57. The van der Waals surface area contributed by atoms with Gasteiger partial charge in [0.15, 0.2) is 5.11 Å². The molecule has 1 amide bonds. The van der Waals surface area contributed by atoms with Crippen molar-refractivity contribution in [3.63, 3.8) is 0 Å². The molecule has 122 valence electrons. The second kappa shape index (κ2) is 6.20. The summed E-state index contributed by atoms with van der Waals surface area (Å²) in [5.74, 6) is 0.742. The summed E-state index contributed by atoms with van der Waals surface area (Å²) in [6.45, 7) is 2.00. The topological polar surface area (TPSA) is 57.3 Å². The predicted molar refractivity (Wildman–Crippen MR) is 99.7 cm³/mol. The van der Waals surface area contributed by atoms with E-state index in [-0.39, 0.29) is 5.91 Å². The number of nitrogens with one attached hydrogen (secondary N) is 2. The number of carbonyl (C=O) groups is 1. The Morgan fingerprint density at radius 3 is 2.67 bits per heavy atom. The minimum Gasteiger partial charge on any atom is -0.356 e. The largest absolute Gasteiger partial charge is 0.356 e. The van der Waals surface area contributed by atoms with Crippen molar-refractivity contribution >= 4 is 46.0 Å². The van der Waals surface area contributed by atoms with Crippen LogP contribution < -0.4 is 15.5 Å². The second-order valence-corrected chi connectivity index (χ2v) is 6.52. The number of pyridine rings is 1. The van der Waals surface area contributed by atoms with Crippen LogP contribution in [0.3, 0.4) is 0 Å². The fourth-order valence-electron chi connectivity index (χ4n) is 3.23. The fourth-order valence-corrected chi connectivity index (χ4v) is 3.43. The number of para-hydroxylation sites is 1. The molecule has 6 heteroatoms. The Hall–Kier alpha value is -2.47. The number of hydrogen-bond donors (Lipinski definition) is 2. The lowest BCUT2D eigenvalue weighted by atomic mass is 10.1. The molecule has 4 rings (SSSR count). The molecule has 1 aromatic heterocycles. The monoisotopic (exact) mass is 338 g/mol. The van der Waals surface area contributed by atoms with Crippen LogP contribution in [0.15, 0.2) is 36.0 Å². The van der Waals surface area contributed by atoms with Crippen molar-refractivity contribution in [1.29, 1.82) is 0 Å². The first-order chi connectivity index (χ1) is 11.7. The fraction of sp³-hybridized carbons (Fsp3) is 0.278. The van der Waals surface area contributed by atoms with E-state index in [1.807, 2.05) is 30.3 Å². The second-order valence-electron chi connectivity index (χ2n) is 6.11. The van der Waals surface area contributed by atoms with Crippen molar-refractivity contribution in [2.75, 3.05) is 18.0 Å². The molecular weight excluding hydrogens is 320 g/mol. The molecule has 3 heterocycles. The average Bonchev–Trinajstić information content (AvgIpc) is 2.92. The van der Waals surface area contributed by atoms with Crippen molar-refractivity contribution in [2.45, 2.75) is 19.3 Å². The number of piperidine rings is 1. The molecule has 0 radical (unpaired) electrons. The lowest BCUT2D eigenvalue weighted by Crippen LogP contribution is -2.30. The van der Waals surface area contributed by atoms with Crippen LogP contribution in [0.5, 0.6) is 0 Å². The first-order valence-electron chi connectivity index (χ1n) is 8.19. The molecule has 2 aliphatic rings. The number of hydrogen-bond acceptors (Lipinski definition) is 4. The summed E-state index contributed by atoms with van der Waals surface area (Å²) >= 11 is 5.01. The van der Waals surface area contributed by atoms with E-state index in [0.29, 0.717) is 10.8 Å². The summed E-state index contributed by atoms with van der Waals surface area (Å²) in [7, 11) is 0. The summed E-state index contributed by atoms with van der Waals surface area (Å²) in [4.78, 5) is 19.2. The van der Waals surface area contributed by atoms with Crippen molar-refractivity contribution in [3.8, 4) is 0 Å². The average molecular weight is 338 g/mol. The summed E-state index contributed by atoms with van der Waals surface area (Å²) in [6.07, 6.45) is 5.46. The van der Waals surface area contributed by atoms with E-state index >= 15 is 0 Å². The van der Waals surface area contributed by atoms with Gasteiger partial charge in [0.05, 0.1) is 5.52 Å². The molecule has 2 N–H and O–H groups in total. The van der Waals surface area contributed by atoms with Gasteiger partial charge in [0, 0.05) is 24.0 Å². The number of aromatic nitrogens is 1. The highest BCUT2D eigenvalue weighted by molar-refractivity contribution is 7.80. The molecule has 2 fully saturated rings. The van der Waals surface area contributed by atoms with Gasteiger partial charge in [-0.3, -0.25) is 10.1 Å². The third-order valence-corrected chi connectivity index (χ3v) is 4.61. The number of fused-ring (bicyclic) bond motifs is 1. The molecule has 5 nitrogen and oxygen atoms in total. The van der Waals surface area contributed by atoms with Crippen LogP contribution in [-0.4, -0.2) is 29.1 Å². The third-order valence-electron chi connectivity index (χ3n) is 4.41. The first-order valence-corrected chi connectivity index (χ1v) is 8.60. The molecule has 1 aromatic carbocycles. The van der Waals surface area contributed by atoms with Crippen LogP contribution in [0.2, 0.25) is 0 Å². The van der Waals surface area contributed by atoms with E-state index in [1.54, 1.807) is 0 Å². The van der Waals surface area contributed by atoms with Crippen LogP contribution in [-0.2, 0) is 4.79 Å². The highest BCUT2D eigenvalue weighted by atomic mass is 32.1. The molecule has 0 aliphatic carbocycles. The molecule has 2 aromatic rings. The van der Waals surface area contributed by atoms with Crippen molar-refractivity contribution in [2.24, 2.45) is 0 Å². The lowest BCUT2D eigenvalue weighted by molar-refractivity contribution is -0.115. The van der Waals surface area contributed by atoms with Crippen molar-refractivity contribution < 1.29 is 4.79 Å². The van der Waals surface area contributed by atoms with Gasteiger partial charge >= 0.3 is 0 Å². The van der Waals surface area contributed by atoms with E-state index in [4.69, 9.17) is 17.2 Å². The Bertz CT molecular complexity index is 855. The van der Waals surface area contributed by atoms with Gasteiger partial charge < -0.3 is 10.2 Å². The number of nitrogens with zero attached hydrogens (tertiary/aromatic N) is 2. The van der Waals surface area contributed by atoms with Gasteiger partial charge in [-0.25, -0.2) is 4.98 Å². The Kier molecular flexibility index (Phi) is 3.90. The normalized spacial score (nSPS) is 19.7. The van der Waals surface area contributed by atoms with Gasteiger partial charge in [0.2, 0.25) is 0 Å². The molecule has 0 spiro atoms. The zero-order valence-corrected chi connectivity index (χ0v) is 14.0. The molecule has 0 atom stereocenters. The van der Waals surface area contributed by atoms with Crippen LogP contribution in [0.4, 0.5) is 5.82 Å². The Balaban J connectivity index is 1.83. The van der Waals surface area contributed by atoms with E-state index in [0.717, 1.165) is 35.4 Å². The molecule has 2 saturated heterocycles. The number of thiocarbonyl (C=S) groups is 1. The van der Waals surface area contributed by atoms with Crippen molar-refractivity contribution in [3.05, 3.63) is 41.6 Å². The van der Waals surface area contributed by atoms with E-state index in [1.165, 1.54) is 19.3 Å². The van der Waals surface area contributed by atoms with E-state index < -0.39 is 0 Å². The summed E-state index contributed by atoms with van der Waals surface area (Å²) < 4.78 is 0. The minimum atomic E-state index is -0.197. The zero-order valence-electron chi connectivity index (χ0n) is 13.2. The van der Waals surface area contributed by atoms with Crippen LogP contribution in [0.25, 0.3) is 17.0 Å². The van der Waals surface area contributed by atoms with Gasteiger partial charge in [0.25, 0.3) is 5.91 Å². The number of rotatable bonds is 2. The first kappa shape index (κ1) is 15.1. The van der Waals surface area contributed by atoms with Crippen LogP contribution in [0.1, 0.15) is 24.8 Å². The highest BCUT2D eigenvalue weighted by Gasteiger charge is 2.22. The van der Waals surface area contributed by atoms with Gasteiger partial charge in [0.1, 0.15) is 11.5 Å². The van der Waals surface area contributed by atoms with Crippen molar-refractivity contribution in [1.82, 2.24) is 15.6 Å². The Labute approximate surface area is 145 Å². The van der Waals surface area contributed by atoms with Gasteiger partial charge in [-0.1, -0.05) is 18.2 Å². The van der Waals surface area contributed by atoms with E-state index in [2.05, 4.69) is 21.6 Å². The van der Waals surface area contributed by atoms with Gasteiger partial charge in [-0.15, -0.1) is 0 Å². The Morgan fingerprint density at radius 1 is 1.12 bits per heavy atom. The number of benzene rings is 1. The maximum atomic E-state index is 12.0. The maximum absolute atomic E-state index is 12.0. The van der Waals surface area contributed by atoms with Crippen LogP contribution in [0, 0.1) is 0 Å². The summed E-state index contributed by atoms with van der Waals surface area (Å²) in [5.41, 5.74) is 2.38. The maximum Gasteiger partial charge on any atom is 0.273 e.